The zero-order chi connectivity index (χ0) is 6.69. The summed E-state index contributed by atoms with van der Waals surface area (Å²) >= 11 is 0. The minimum absolute atomic E-state index is 0.741. The van der Waals surface area contributed by atoms with E-state index in [9.17, 15) is 0 Å². The predicted molar refractivity (Wildman–Crippen MR) is 36.6 cm³/mol. The zero-order valence-electron chi connectivity index (χ0n) is 4.96. The topological polar surface area (TPSA) is 41.6 Å². The first-order valence-corrected chi connectivity index (χ1v) is 2.54. The Labute approximate surface area is 53.1 Å². The second-order valence-corrected chi connectivity index (χ2v) is 1.50. The first-order chi connectivity index (χ1) is 4.38. The van der Waals surface area contributed by atoms with Crippen molar-refractivity contribution in [2.45, 2.75) is 0 Å². The van der Waals surface area contributed by atoms with E-state index in [4.69, 9.17) is 0 Å². The van der Waals surface area contributed by atoms with E-state index >= 15 is 0 Å². The summed E-state index contributed by atoms with van der Waals surface area (Å²) in [6, 6.07) is 0. The Kier molecular flexibility index (Phi) is 1.44. The number of hydrogen-bond donors (Lipinski definition) is 1. The summed E-state index contributed by atoms with van der Waals surface area (Å²) in [4.78, 5) is 0. The van der Waals surface area contributed by atoms with Gasteiger partial charge in [-0.05, 0) is 12.2 Å². The maximum absolute atomic E-state index is 3.78. The fourth-order valence-electron chi connectivity index (χ4n) is 0.548. The van der Waals surface area contributed by atoms with Crippen LogP contribution in [-0.2, 0) is 0 Å². The minimum atomic E-state index is 0.741. The summed E-state index contributed by atoms with van der Waals surface area (Å²) in [5.74, 6) is 0. The van der Waals surface area contributed by atoms with Crippen LogP contribution in [0.5, 0.6) is 0 Å². The fraction of sp³-hybridized carbons (Fsp3) is 0. The van der Waals surface area contributed by atoms with Gasteiger partial charge in [0.05, 0.1) is 0 Å². The molecular weight excluding hydrogens is 114 g/mol. The number of rotatable bonds is 2. The molecule has 1 N–H and O–H groups in total. The van der Waals surface area contributed by atoms with E-state index in [0.717, 1.165) is 11.4 Å². The molecule has 0 unspecified atom stereocenters. The molecule has 0 saturated heterocycles. The molecule has 1 rings (SSSR count). The van der Waals surface area contributed by atoms with Gasteiger partial charge in [-0.3, -0.25) is 0 Å². The van der Waals surface area contributed by atoms with Crippen LogP contribution in [0.2, 0.25) is 0 Å². The smallest absolute Gasteiger partial charge is 0.112 e. The van der Waals surface area contributed by atoms with Gasteiger partial charge in [0.2, 0.25) is 0 Å². The highest BCUT2D eigenvalue weighted by Crippen LogP contribution is 2.01. The number of aromatic nitrogens is 3. The molecule has 0 aromatic carbocycles. The third-order valence-electron chi connectivity index (χ3n) is 0.990. The van der Waals surface area contributed by atoms with E-state index < -0.39 is 0 Å². The predicted octanol–water partition coefficient (Wildman–Crippen LogP) is 1.09. The van der Waals surface area contributed by atoms with E-state index in [2.05, 4.69) is 28.6 Å². The van der Waals surface area contributed by atoms with Crippen molar-refractivity contribution in [2.75, 3.05) is 0 Å². The first-order valence-electron chi connectivity index (χ1n) is 2.54. The molecule has 9 heavy (non-hydrogen) atoms. The average Bonchev–Trinajstić information content (AvgIpc) is 2.33. The lowest BCUT2D eigenvalue weighted by atomic mass is 10.3. The summed E-state index contributed by atoms with van der Waals surface area (Å²) in [5, 5.41) is 10.0. The average molecular weight is 121 g/mol. The lowest BCUT2D eigenvalue weighted by Gasteiger charge is -1.79. The Hall–Kier alpha value is -1.38. The molecule has 0 atom stereocenters. The van der Waals surface area contributed by atoms with Gasteiger partial charge in [-0.25, -0.2) is 0 Å². The molecule has 0 amide bonds. The van der Waals surface area contributed by atoms with Crippen molar-refractivity contribution in [3.05, 3.63) is 24.5 Å². The van der Waals surface area contributed by atoms with Crippen LogP contribution in [0.25, 0.3) is 12.2 Å². The summed E-state index contributed by atoms with van der Waals surface area (Å²) in [7, 11) is 0. The van der Waals surface area contributed by atoms with Crippen molar-refractivity contribution in [3.63, 3.8) is 0 Å². The number of nitrogens with one attached hydrogen (secondary N) is 1. The minimum Gasteiger partial charge on any atom is -0.197 e. The van der Waals surface area contributed by atoms with Gasteiger partial charge in [-0.1, -0.05) is 13.2 Å². The van der Waals surface area contributed by atoms with Crippen molar-refractivity contribution in [1.29, 1.82) is 0 Å². The summed E-state index contributed by atoms with van der Waals surface area (Å²) in [6.45, 7) is 7.08. The monoisotopic (exact) mass is 121 g/mol. The van der Waals surface area contributed by atoms with Crippen LogP contribution >= 0.6 is 0 Å². The van der Waals surface area contributed by atoms with Crippen LogP contribution in [0.4, 0.5) is 0 Å². The molecule has 46 valence electrons. The van der Waals surface area contributed by atoms with Gasteiger partial charge in [0.1, 0.15) is 11.4 Å². The number of aromatic amines is 1. The van der Waals surface area contributed by atoms with Crippen LogP contribution in [0, 0.1) is 0 Å². The number of hydrogen-bond acceptors (Lipinski definition) is 2. The van der Waals surface area contributed by atoms with Crippen LogP contribution in [0.15, 0.2) is 13.2 Å². The van der Waals surface area contributed by atoms with E-state index in [-0.39, 0.29) is 0 Å². The Morgan fingerprint density at radius 1 is 1.11 bits per heavy atom. The molecular formula is C6H7N3. The molecule has 0 radical (unpaired) electrons. The molecule has 1 aromatic rings. The van der Waals surface area contributed by atoms with Crippen molar-refractivity contribution >= 4 is 12.2 Å². The Morgan fingerprint density at radius 3 is 1.89 bits per heavy atom. The van der Waals surface area contributed by atoms with Crippen LogP contribution in [0.1, 0.15) is 11.4 Å². The molecule has 0 aliphatic carbocycles. The lowest BCUT2D eigenvalue weighted by molar-refractivity contribution is 0.935. The molecule has 3 heteroatoms. The van der Waals surface area contributed by atoms with Crippen LogP contribution < -0.4 is 0 Å². The highest BCUT2D eigenvalue weighted by atomic mass is 15.3. The Bertz CT molecular complexity index is 201. The van der Waals surface area contributed by atoms with Gasteiger partial charge in [0, 0.05) is 0 Å². The van der Waals surface area contributed by atoms with Gasteiger partial charge < -0.3 is 0 Å². The molecule has 3 nitrogen and oxygen atoms in total. The maximum atomic E-state index is 3.78. The van der Waals surface area contributed by atoms with E-state index in [1.165, 1.54) is 0 Å². The van der Waals surface area contributed by atoms with Gasteiger partial charge >= 0.3 is 0 Å². The molecule has 0 aliphatic heterocycles. The lowest BCUT2D eigenvalue weighted by Crippen LogP contribution is -1.73. The molecule has 1 heterocycles. The molecule has 0 fully saturated rings. The highest BCUT2D eigenvalue weighted by molar-refractivity contribution is 5.55. The Balaban J connectivity index is 3.12. The van der Waals surface area contributed by atoms with E-state index in [0.29, 0.717) is 0 Å². The Morgan fingerprint density at radius 2 is 1.56 bits per heavy atom. The second kappa shape index (κ2) is 2.26. The SMILES string of the molecule is C=Cc1n[nH]nc1C=C. The van der Waals surface area contributed by atoms with Gasteiger partial charge in [0.25, 0.3) is 0 Å². The standard InChI is InChI=1S/C6H7N3/c1-3-5-6(4-2)8-9-7-5/h3-4H,1-2H2,(H,7,8,9). The van der Waals surface area contributed by atoms with Crippen molar-refractivity contribution in [1.82, 2.24) is 15.4 Å². The second-order valence-electron chi connectivity index (χ2n) is 1.50. The van der Waals surface area contributed by atoms with Crippen molar-refractivity contribution in [2.24, 2.45) is 0 Å². The molecule has 0 aliphatic rings. The fourth-order valence-corrected chi connectivity index (χ4v) is 0.548. The van der Waals surface area contributed by atoms with Crippen molar-refractivity contribution in [3.8, 4) is 0 Å². The van der Waals surface area contributed by atoms with Gasteiger partial charge in [0.15, 0.2) is 0 Å². The zero-order valence-corrected chi connectivity index (χ0v) is 4.96. The quantitative estimate of drug-likeness (QED) is 0.636. The maximum Gasteiger partial charge on any atom is 0.112 e. The molecule has 0 spiro atoms. The largest absolute Gasteiger partial charge is 0.197 e. The summed E-state index contributed by atoms with van der Waals surface area (Å²) in [5.41, 5.74) is 1.48. The number of nitrogens with zero attached hydrogens (tertiary/aromatic N) is 2. The van der Waals surface area contributed by atoms with E-state index in [1.807, 2.05) is 0 Å². The van der Waals surface area contributed by atoms with Gasteiger partial charge in [-0.15, -0.1) is 0 Å². The third-order valence-corrected chi connectivity index (χ3v) is 0.990. The van der Waals surface area contributed by atoms with Gasteiger partial charge in [-0.2, -0.15) is 15.4 Å². The van der Waals surface area contributed by atoms with Crippen LogP contribution in [-0.4, -0.2) is 15.4 Å². The number of H-pyrrole nitrogens is 1. The third kappa shape index (κ3) is 0.887. The first kappa shape index (κ1) is 5.75. The summed E-state index contributed by atoms with van der Waals surface area (Å²) < 4.78 is 0. The molecule has 0 saturated carbocycles. The molecule has 1 aromatic heterocycles. The molecule has 0 bridgehead atoms. The normalized spacial score (nSPS) is 8.89. The van der Waals surface area contributed by atoms with E-state index in [1.54, 1.807) is 12.2 Å². The highest BCUT2D eigenvalue weighted by Gasteiger charge is 1.95. The summed E-state index contributed by atoms with van der Waals surface area (Å²) in [6.07, 6.45) is 3.25. The van der Waals surface area contributed by atoms with Crippen LogP contribution in [0.3, 0.4) is 0 Å². The van der Waals surface area contributed by atoms with Crippen molar-refractivity contribution < 1.29 is 0 Å².